The lowest BCUT2D eigenvalue weighted by molar-refractivity contribution is -0.120. The topological polar surface area (TPSA) is 57.8 Å². The molecule has 2 N–H and O–H groups in total. The molecule has 1 aromatic carbocycles. The van der Waals surface area contributed by atoms with Crippen LogP contribution in [0.15, 0.2) is 36.5 Å². The highest BCUT2D eigenvalue weighted by molar-refractivity contribution is 6.31. The molecule has 0 fully saturated rings. The van der Waals surface area contributed by atoms with Gasteiger partial charge >= 0.3 is 0 Å². The number of rotatable bonds is 4. The Kier molecular flexibility index (Phi) is 3.77. The van der Waals surface area contributed by atoms with Gasteiger partial charge in [0.05, 0.1) is 6.42 Å². The molecule has 1 heterocycles. The number of hydrogen-bond acceptors (Lipinski definition) is 2. The Labute approximate surface area is 104 Å². The highest BCUT2D eigenvalue weighted by Gasteiger charge is 2.05. The molecule has 0 unspecified atom stereocenters. The molecule has 0 aliphatic heterocycles. The molecule has 88 valence electrons. The Balaban J connectivity index is 1.86. The number of aromatic amines is 1. The van der Waals surface area contributed by atoms with Gasteiger partial charge in [-0.3, -0.25) is 9.89 Å². The molecule has 1 amide bonds. The van der Waals surface area contributed by atoms with Gasteiger partial charge < -0.3 is 5.32 Å². The first-order valence-electron chi connectivity index (χ1n) is 5.24. The fraction of sp³-hybridized carbons (Fsp3) is 0.167. The van der Waals surface area contributed by atoms with Crippen molar-refractivity contribution in [2.75, 3.05) is 0 Å². The van der Waals surface area contributed by atoms with Crippen LogP contribution in [0.5, 0.6) is 0 Å². The van der Waals surface area contributed by atoms with Crippen LogP contribution >= 0.6 is 11.6 Å². The average Bonchev–Trinajstić information content (AvgIpc) is 2.81. The minimum atomic E-state index is -0.0610. The zero-order chi connectivity index (χ0) is 12.1. The minimum absolute atomic E-state index is 0.0610. The van der Waals surface area contributed by atoms with Crippen molar-refractivity contribution in [1.82, 2.24) is 15.5 Å². The van der Waals surface area contributed by atoms with Crippen LogP contribution in [0.2, 0.25) is 5.02 Å². The lowest BCUT2D eigenvalue weighted by atomic mass is 10.2. The second kappa shape index (κ2) is 5.50. The molecule has 0 radical (unpaired) electrons. The summed E-state index contributed by atoms with van der Waals surface area (Å²) in [5.41, 5.74) is 1.70. The first-order valence-corrected chi connectivity index (χ1v) is 5.62. The molecule has 0 aliphatic rings. The van der Waals surface area contributed by atoms with E-state index in [2.05, 4.69) is 15.5 Å². The van der Waals surface area contributed by atoms with Crippen LogP contribution in [0.25, 0.3) is 0 Å². The van der Waals surface area contributed by atoms with Crippen molar-refractivity contribution in [2.24, 2.45) is 0 Å². The number of benzene rings is 1. The molecule has 0 spiro atoms. The fourth-order valence-corrected chi connectivity index (χ4v) is 1.66. The van der Waals surface area contributed by atoms with Crippen molar-refractivity contribution < 1.29 is 4.79 Å². The molecule has 0 aliphatic carbocycles. The third-order valence-electron chi connectivity index (χ3n) is 2.34. The Bertz CT molecular complexity index is 496. The molecular formula is C12H12ClN3O. The van der Waals surface area contributed by atoms with Crippen LogP contribution in [-0.4, -0.2) is 16.1 Å². The van der Waals surface area contributed by atoms with Gasteiger partial charge in [0, 0.05) is 23.5 Å². The maximum atomic E-state index is 11.6. The van der Waals surface area contributed by atoms with Crippen LogP contribution < -0.4 is 5.32 Å². The highest BCUT2D eigenvalue weighted by Crippen LogP contribution is 2.14. The van der Waals surface area contributed by atoms with E-state index in [1.165, 1.54) is 0 Å². The summed E-state index contributed by atoms with van der Waals surface area (Å²) in [5.74, 6) is -0.0610. The van der Waals surface area contributed by atoms with E-state index in [1.807, 2.05) is 18.2 Å². The fourth-order valence-electron chi connectivity index (χ4n) is 1.45. The lowest BCUT2D eigenvalue weighted by Gasteiger charge is -2.05. The van der Waals surface area contributed by atoms with Crippen molar-refractivity contribution in [3.8, 4) is 0 Å². The van der Waals surface area contributed by atoms with Crippen molar-refractivity contribution in [3.05, 3.63) is 52.8 Å². The largest absolute Gasteiger partial charge is 0.352 e. The molecule has 0 saturated heterocycles. The first-order chi connectivity index (χ1) is 8.25. The van der Waals surface area contributed by atoms with E-state index in [4.69, 9.17) is 11.6 Å². The van der Waals surface area contributed by atoms with Crippen LogP contribution in [0, 0.1) is 0 Å². The highest BCUT2D eigenvalue weighted by atomic mass is 35.5. The number of aromatic nitrogens is 2. The van der Waals surface area contributed by atoms with E-state index in [0.29, 0.717) is 18.0 Å². The molecule has 0 atom stereocenters. The summed E-state index contributed by atoms with van der Waals surface area (Å²) in [7, 11) is 0. The van der Waals surface area contributed by atoms with Gasteiger partial charge in [0.2, 0.25) is 5.91 Å². The number of carbonyl (C=O) groups excluding carboxylic acids is 1. The molecule has 17 heavy (non-hydrogen) atoms. The Morgan fingerprint density at radius 1 is 1.35 bits per heavy atom. The van der Waals surface area contributed by atoms with Gasteiger partial charge in [-0.2, -0.15) is 5.10 Å². The molecular weight excluding hydrogens is 238 g/mol. The van der Waals surface area contributed by atoms with E-state index < -0.39 is 0 Å². The van der Waals surface area contributed by atoms with Gasteiger partial charge in [-0.05, 0) is 17.7 Å². The van der Waals surface area contributed by atoms with Crippen molar-refractivity contribution in [1.29, 1.82) is 0 Å². The molecule has 1 aromatic heterocycles. The van der Waals surface area contributed by atoms with E-state index in [-0.39, 0.29) is 5.91 Å². The molecule has 4 nitrogen and oxygen atoms in total. The monoisotopic (exact) mass is 249 g/mol. The summed E-state index contributed by atoms with van der Waals surface area (Å²) >= 11 is 5.98. The predicted octanol–water partition coefficient (Wildman–Crippen LogP) is 1.92. The molecule has 5 heteroatoms. The van der Waals surface area contributed by atoms with Crippen LogP contribution in [0.4, 0.5) is 0 Å². The van der Waals surface area contributed by atoms with Crippen molar-refractivity contribution >= 4 is 17.5 Å². The van der Waals surface area contributed by atoms with Gasteiger partial charge in [0.25, 0.3) is 0 Å². The number of amides is 1. The quantitative estimate of drug-likeness (QED) is 0.870. The summed E-state index contributed by atoms with van der Waals surface area (Å²) in [6.45, 7) is 0.437. The molecule has 2 rings (SSSR count). The van der Waals surface area contributed by atoms with E-state index >= 15 is 0 Å². The van der Waals surface area contributed by atoms with E-state index in [9.17, 15) is 4.79 Å². The van der Waals surface area contributed by atoms with Crippen molar-refractivity contribution in [2.45, 2.75) is 13.0 Å². The number of hydrogen-bond donors (Lipinski definition) is 2. The second-order valence-electron chi connectivity index (χ2n) is 3.63. The number of halogens is 1. The Morgan fingerprint density at radius 3 is 2.88 bits per heavy atom. The Morgan fingerprint density at radius 2 is 2.18 bits per heavy atom. The van der Waals surface area contributed by atoms with Crippen LogP contribution in [0.3, 0.4) is 0 Å². The minimum Gasteiger partial charge on any atom is -0.352 e. The van der Waals surface area contributed by atoms with E-state index in [0.717, 1.165) is 11.3 Å². The average molecular weight is 250 g/mol. The molecule has 0 bridgehead atoms. The number of carbonyl (C=O) groups is 1. The van der Waals surface area contributed by atoms with Gasteiger partial charge in [0.1, 0.15) is 0 Å². The van der Waals surface area contributed by atoms with Gasteiger partial charge in [-0.1, -0.05) is 29.8 Å². The van der Waals surface area contributed by atoms with Crippen molar-refractivity contribution in [3.63, 3.8) is 0 Å². The zero-order valence-corrected chi connectivity index (χ0v) is 9.87. The summed E-state index contributed by atoms with van der Waals surface area (Å²) in [5, 5.41) is 9.99. The van der Waals surface area contributed by atoms with E-state index in [1.54, 1.807) is 18.3 Å². The van der Waals surface area contributed by atoms with Gasteiger partial charge in [-0.25, -0.2) is 0 Å². The maximum absolute atomic E-state index is 11.6. The summed E-state index contributed by atoms with van der Waals surface area (Å²) < 4.78 is 0. The standard InChI is InChI=1S/C12H12ClN3O/c13-11-4-2-1-3-9(11)8-14-12(17)7-10-5-6-15-16-10/h1-6H,7-8H2,(H,14,17)(H,15,16). The SMILES string of the molecule is O=C(Cc1ccn[nH]1)NCc1ccccc1Cl. The molecule has 0 saturated carbocycles. The maximum Gasteiger partial charge on any atom is 0.226 e. The second-order valence-corrected chi connectivity index (χ2v) is 4.03. The third-order valence-corrected chi connectivity index (χ3v) is 2.71. The lowest BCUT2D eigenvalue weighted by Crippen LogP contribution is -2.24. The first kappa shape index (κ1) is 11.7. The Hall–Kier alpha value is -1.81. The zero-order valence-electron chi connectivity index (χ0n) is 9.11. The third kappa shape index (κ3) is 3.32. The van der Waals surface area contributed by atoms with Gasteiger partial charge in [0.15, 0.2) is 0 Å². The smallest absolute Gasteiger partial charge is 0.226 e. The summed E-state index contributed by atoms with van der Waals surface area (Å²) in [6, 6.07) is 9.21. The number of nitrogens with zero attached hydrogens (tertiary/aromatic N) is 1. The van der Waals surface area contributed by atoms with Crippen LogP contribution in [0.1, 0.15) is 11.3 Å². The normalized spacial score (nSPS) is 10.2. The summed E-state index contributed by atoms with van der Waals surface area (Å²) in [6.07, 6.45) is 1.92. The number of H-pyrrole nitrogens is 1. The van der Waals surface area contributed by atoms with Crippen LogP contribution in [-0.2, 0) is 17.8 Å². The predicted molar refractivity (Wildman–Crippen MR) is 65.6 cm³/mol. The van der Waals surface area contributed by atoms with Gasteiger partial charge in [-0.15, -0.1) is 0 Å². The summed E-state index contributed by atoms with van der Waals surface area (Å²) in [4.78, 5) is 11.6. The molecule has 2 aromatic rings. The number of nitrogens with one attached hydrogen (secondary N) is 2.